The number of nitrogens with zero attached hydrogens (tertiary/aromatic N) is 4. The first-order valence-electron chi connectivity index (χ1n) is 14.3. The van der Waals surface area contributed by atoms with E-state index in [0.29, 0.717) is 48.1 Å². The highest BCUT2D eigenvalue weighted by atomic mass is 16.4. The Hall–Kier alpha value is -5.32. The number of para-hydroxylation sites is 2. The molecular formula is C34H28N4O6. The molecule has 2 N–H and O–H groups in total. The van der Waals surface area contributed by atoms with Crippen LogP contribution >= 0.6 is 0 Å². The minimum atomic E-state index is -0.612. The van der Waals surface area contributed by atoms with Gasteiger partial charge in [-0.3, -0.25) is 19.8 Å². The molecule has 0 bridgehead atoms. The van der Waals surface area contributed by atoms with Crippen LogP contribution in [0.5, 0.6) is 11.5 Å². The third kappa shape index (κ3) is 4.80. The average molecular weight is 589 g/mol. The van der Waals surface area contributed by atoms with E-state index < -0.39 is 23.3 Å². The van der Waals surface area contributed by atoms with E-state index in [1.807, 2.05) is 24.3 Å². The Morgan fingerprint density at radius 2 is 0.932 bits per heavy atom. The van der Waals surface area contributed by atoms with Crippen LogP contribution in [0.25, 0.3) is 21.9 Å². The summed E-state index contributed by atoms with van der Waals surface area (Å²) < 4.78 is 11.3. The zero-order valence-corrected chi connectivity index (χ0v) is 23.5. The number of aromatic hydroxyl groups is 2. The van der Waals surface area contributed by atoms with E-state index in [0.717, 1.165) is 11.1 Å². The van der Waals surface area contributed by atoms with Gasteiger partial charge in [0.25, 0.3) is 0 Å². The summed E-state index contributed by atoms with van der Waals surface area (Å²) in [5.74, 6) is -0.233. The van der Waals surface area contributed by atoms with Gasteiger partial charge >= 0.3 is 11.3 Å². The monoisotopic (exact) mass is 588 g/mol. The molecule has 0 amide bonds. The Morgan fingerprint density at radius 3 is 1.32 bits per heavy atom. The summed E-state index contributed by atoms with van der Waals surface area (Å²) in [5.41, 5.74) is 1.27. The molecule has 1 saturated heterocycles. The van der Waals surface area contributed by atoms with E-state index in [1.165, 1.54) is 0 Å². The van der Waals surface area contributed by atoms with Crippen molar-refractivity contribution < 1.29 is 19.0 Å². The van der Waals surface area contributed by atoms with E-state index in [2.05, 4.69) is 19.8 Å². The summed E-state index contributed by atoms with van der Waals surface area (Å²) in [4.78, 5) is 39.3. The van der Waals surface area contributed by atoms with E-state index in [-0.39, 0.29) is 22.6 Å². The maximum absolute atomic E-state index is 13.4. The van der Waals surface area contributed by atoms with E-state index in [9.17, 15) is 19.8 Å². The average Bonchev–Trinajstić information content (AvgIpc) is 3.06. The lowest BCUT2D eigenvalue weighted by Crippen LogP contribution is -2.50. The van der Waals surface area contributed by atoms with Crippen LogP contribution in [0.2, 0.25) is 0 Å². The molecule has 0 spiro atoms. The lowest BCUT2D eigenvalue weighted by atomic mass is 9.94. The van der Waals surface area contributed by atoms with Gasteiger partial charge in [0.1, 0.15) is 33.8 Å². The summed E-state index contributed by atoms with van der Waals surface area (Å²) in [6.45, 7) is 1.89. The number of piperazine rings is 1. The maximum atomic E-state index is 13.4. The fraction of sp³-hybridized carbons (Fsp3) is 0.176. The van der Waals surface area contributed by atoms with E-state index in [4.69, 9.17) is 8.83 Å². The van der Waals surface area contributed by atoms with Crippen LogP contribution in [0.4, 0.5) is 0 Å². The standard InChI is InChI=1S/C34H28N4O6/c39-31-23-5-1-3-7-25(23)43-33(41)27(31)29(21-9-13-35-14-10-21)37-17-19-38(20-18-37)30(22-11-15-36-16-12-22)28-32(40)24-6-2-4-8-26(24)44-34(28)42/h1-16,29-30,39-40H,17-20H2. The lowest BCUT2D eigenvalue weighted by molar-refractivity contribution is 0.0865. The van der Waals surface area contributed by atoms with Gasteiger partial charge in [0.15, 0.2) is 0 Å². The van der Waals surface area contributed by atoms with Crippen molar-refractivity contribution >= 4 is 21.9 Å². The number of hydrogen-bond acceptors (Lipinski definition) is 10. The van der Waals surface area contributed by atoms with Gasteiger partial charge in [0, 0.05) is 51.0 Å². The fourth-order valence-corrected chi connectivity index (χ4v) is 6.24. The Labute approximate surface area is 251 Å². The summed E-state index contributed by atoms with van der Waals surface area (Å²) in [6, 6.07) is 19.9. The van der Waals surface area contributed by atoms with Gasteiger partial charge < -0.3 is 19.0 Å². The lowest BCUT2D eigenvalue weighted by Gasteiger charge is -2.42. The second kappa shape index (κ2) is 11.4. The van der Waals surface area contributed by atoms with Crippen LogP contribution in [0.1, 0.15) is 34.3 Å². The zero-order chi connectivity index (χ0) is 30.2. The van der Waals surface area contributed by atoms with Crippen molar-refractivity contribution in [3.8, 4) is 11.5 Å². The highest BCUT2D eigenvalue weighted by molar-refractivity contribution is 5.85. The largest absolute Gasteiger partial charge is 0.507 e. The normalized spacial score (nSPS) is 15.8. The predicted octanol–water partition coefficient (Wildman–Crippen LogP) is 4.60. The van der Waals surface area contributed by atoms with Gasteiger partial charge in [-0.2, -0.15) is 0 Å². The second-order valence-electron chi connectivity index (χ2n) is 10.7. The minimum absolute atomic E-state index is 0.116. The molecule has 2 unspecified atom stereocenters. The SMILES string of the molecule is O=c1oc2ccccc2c(O)c1C(c1ccncc1)N1CCN(C(c2ccncc2)c2c(O)c3ccccc3oc2=O)CC1. The molecule has 0 aliphatic carbocycles. The topological polar surface area (TPSA) is 133 Å². The van der Waals surface area contributed by atoms with Gasteiger partial charge in [-0.25, -0.2) is 9.59 Å². The number of benzene rings is 2. The van der Waals surface area contributed by atoms with Gasteiger partial charge in [-0.15, -0.1) is 0 Å². The first-order chi connectivity index (χ1) is 21.5. The fourth-order valence-electron chi connectivity index (χ4n) is 6.24. The van der Waals surface area contributed by atoms with Crippen LogP contribution in [-0.4, -0.2) is 56.2 Å². The number of hydrogen-bond donors (Lipinski definition) is 2. The molecule has 1 aliphatic heterocycles. The molecule has 220 valence electrons. The minimum Gasteiger partial charge on any atom is -0.507 e. The highest BCUT2D eigenvalue weighted by Gasteiger charge is 2.36. The number of aromatic nitrogens is 2. The van der Waals surface area contributed by atoms with Crippen molar-refractivity contribution in [2.24, 2.45) is 0 Å². The van der Waals surface area contributed by atoms with Crippen LogP contribution < -0.4 is 11.3 Å². The molecule has 2 atom stereocenters. The van der Waals surface area contributed by atoms with Crippen molar-refractivity contribution in [2.45, 2.75) is 12.1 Å². The quantitative estimate of drug-likeness (QED) is 0.266. The molecule has 10 heteroatoms. The zero-order valence-electron chi connectivity index (χ0n) is 23.5. The van der Waals surface area contributed by atoms with E-state index >= 15 is 0 Å². The Morgan fingerprint density at radius 1 is 0.568 bits per heavy atom. The molecule has 10 nitrogen and oxygen atoms in total. The van der Waals surface area contributed by atoms with Crippen LogP contribution in [0, 0.1) is 0 Å². The molecule has 5 heterocycles. The molecular weight excluding hydrogens is 560 g/mol. The van der Waals surface area contributed by atoms with Crippen molar-refractivity contribution in [1.29, 1.82) is 0 Å². The molecule has 0 saturated carbocycles. The summed E-state index contributed by atoms with van der Waals surface area (Å²) in [5, 5.41) is 23.7. The van der Waals surface area contributed by atoms with Crippen molar-refractivity contribution in [3.05, 3.63) is 141 Å². The Balaban J connectivity index is 1.28. The third-order valence-corrected chi connectivity index (χ3v) is 8.31. The first-order valence-corrected chi connectivity index (χ1v) is 14.3. The highest BCUT2D eigenvalue weighted by Crippen LogP contribution is 2.39. The van der Waals surface area contributed by atoms with Gasteiger partial charge in [-0.05, 0) is 59.7 Å². The number of fused-ring (bicyclic) bond motifs is 2. The summed E-state index contributed by atoms with van der Waals surface area (Å²) in [6.07, 6.45) is 6.61. The van der Waals surface area contributed by atoms with Gasteiger partial charge in [0.05, 0.1) is 22.9 Å². The molecule has 1 fully saturated rings. The molecule has 4 aromatic heterocycles. The second-order valence-corrected chi connectivity index (χ2v) is 10.7. The smallest absolute Gasteiger partial charge is 0.345 e. The van der Waals surface area contributed by atoms with Gasteiger partial charge in [-0.1, -0.05) is 24.3 Å². The Kier molecular flexibility index (Phi) is 7.13. The molecule has 2 aromatic carbocycles. The van der Waals surface area contributed by atoms with Crippen molar-refractivity contribution in [3.63, 3.8) is 0 Å². The van der Waals surface area contributed by atoms with Crippen LogP contribution in [0.15, 0.2) is 116 Å². The molecule has 7 rings (SSSR count). The molecule has 1 aliphatic rings. The molecule has 6 aromatic rings. The first kappa shape index (κ1) is 27.5. The van der Waals surface area contributed by atoms with Crippen molar-refractivity contribution in [1.82, 2.24) is 19.8 Å². The Bertz CT molecular complexity index is 1920. The van der Waals surface area contributed by atoms with Gasteiger partial charge in [0.2, 0.25) is 0 Å². The molecule has 0 radical (unpaired) electrons. The number of rotatable bonds is 6. The third-order valence-electron chi connectivity index (χ3n) is 8.31. The maximum Gasteiger partial charge on any atom is 0.345 e. The van der Waals surface area contributed by atoms with Crippen LogP contribution in [0.3, 0.4) is 0 Å². The summed E-state index contributed by atoms with van der Waals surface area (Å²) >= 11 is 0. The summed E-state index contributed by atoms with van der Waals surface area (Å²) in [7, 11) is 0. The number of pyridine rings is 2. The predicted molar refractivity (Wildman–Crippen MR) is 164 cm³/mol. The van der Waals surface area contributed by atoms with Crippen molar-refractivity contribution in [2.75, 3.05) is 26.2 Å². The van der Waals surface area contributed by atoms with E-state index in [1.54, 1.807) is 73.3 Å². The van der Waals surface area contributed by atoms with Crippen LogP contribution in [-0.2, 0) is 0 Å². The molecule has 44 heavy (non-hydrogen) atoms.